The Bertz CT molecular complexity index is 536. The van der Waals surface area contributed by atoms with Crippen molar-refractivity contribution in [2.45, 2.75) is 56.1 Å². The molecule has 2 atom stereocenters. The third-order valence-corrected chi connectivity index (χ3v) is 4.76. The lowest BCUT2D eigenvalue weighted by atomic mass is 10.1. The van der Waals surface area contributed by atoms with Crippen molar-refractivity contribution in [1.82, 2.24) is 15.4 Å². The van der Waals surface area contributed by atoms with Gasteiger partial charge in [-0.25, -0.2) is 0 Å². The maximum Gasteiger partial charge on any atom is 0.273 e. The number of hydrogen-bond acceptors (Lipinski definition) is 5. The quantitative estimate of drug-likeness (QED) is 0.842. The molecule has 2 saturated carbocycles. The Kier molecular flexibility index (Phi) is 3.23. The Hall–Kier alpha value is -1.40. The van der Waals surface area contributed by atoms with Gasteiger partial charge in [0, 0.05) is 36.7 Å². The highest BCUT2D eigenvalue weighted by Crippen LogP contribution is 2.40. The van der Waals surface area contributed by atoms with Crippen LogP contribution in [0.3, 0.4) is 0 Å². The molecule has 2 aliphatic carbocycles. The second-order valence-corrected chi connectivity index (χ2v) is 6.56. The molecule has 1 aromatic heterocycles. The lowest BCUT2D eigenvalue weighted by Gasteiger charge is -2.21. The molecule has 2 N–H and O–H groups in total. The summed E-state index contributed by atoms with van der Waals surface area (Å²) >= 11 is 0. The van der Waals surface area contributed by atoms with Gasteiger partial charge in [0.05, 0.1) is 6.61 Å². The fourth-order valence-electron chi connectivity index (χ4n) is 3.30. The van der Waals surface area contributed by atoms with E-state index in [4.69, 9.17) is 4.52 Å². The molecule has 0 aromatic carbocycles. The Labute approximate surface area is 123 Å². The van der Waals surface area contributed by atoms with Crippen molar-refractivity contribution in [2.24, 2.45) is 0 Å². The molecule has 0 unspecified atom stereocenters. The molecule has 6 nitrogen and oxygen atoms in total. The summed E-state index contributed by atoms with van der Waals surface area (Å²) in [4.78, 5) is 14.6. The minimum Gasteiger partial charge on any atom is -0.395 e. The Morgan fingerprint density at radius 3 is 2.90 bits per heavy atom. The Morgan fingerprint density at radius 2 is 2.24 bits per heavy atom. The number of nitrogens with zero attached hydrogens (tertiary/aromatic N) is 2. The van der Waals surface area contributed by atoms with Gasteiger partial charge < -0.3 is 14.9 Å². The molecule has 0 spiro atoms. The van der Waals surface area contributed by atoms with Gasteiger partial charge in [-0.3, -0.25) is 9.69 Å². The Morgan fingerprint density at radius 1 is 1.43 bits per heavy atom. The van der Waals surface area contributed by atoms with Crippen LogP contribution in [0, 0.1) is 0 Å². The van der Waals surface area contributed by atoms with E-state index in [-0.39, 0.29) is 24.6 Å². The van der Waals surface area contributed by atoms with Crippen molar-refractivity contribution in [3.8, 4) is 0 Å². The molecule has 2 heterocycles. The van der Waals surface area contributed by atoms with Crippen LogP contribution in [0.5, 0.6) is 0 Å². The van der Waals surface area contributed by atoms with Crippen molar-refractivity contribution in [1.29, 1.82) is 0 Å². The summed E-state index contributed by atoms with van der Waals surface area (Å²) in [6.45, 7) is 0.994. The van der Waals surface area contributed by atoms with E-state index in [1.54, 1.807) is 6.07 Å². The summed E-state index contributed by atoms with van der Waals surface area (Å²) in [5.41, 5.74) is 0.377. The number of amides is 1. The van der Waals surface area contributed by atoms with Gasteiger partial charge >= 0.3 is 0 Å². The molecule has 3 aliphatic rings. The van der Waals surface area contributed by atoms with Crippen molar-refractivity contribution in [3.63, 3.8) is 0 Å². The van der Waals surface area contributed by atoms with Gasteiger partial charge in [0.2, 0.25) is 0 Å². The van der Waals surface area contributed by atoms with Crippen LogP contribution in [0.2, 0.25) is 0 Å². The van der Waals surface area contributed by atoms with E-state index in [1.165, 1.54) is 12.8 Å². The van der Waals surface area contributed by atoms with Gasteiger partial charge in [-0.05, 0) is 32.1 Å². The second-order valence-electron chi connectivity index (χ2n) is 6.56. The molecule has 0 radical (unpaired) electrons. The normalized spacial score (nSPS) is 29.8. The number of carbonyl (C=O) groups is 1. The highest BCUT2D eigenvalue weighted by atomic mass is 16.5. The van der Waals surface area contributed by atoms with Gasteiger partial charge in [0.15, 0.2) is 5.69 Å². The first-order valence-corrected chi connectivity index (χ1v) is 7.88. The molecule has 114 valence electrons. The first-order chi connectivity index (χ1) is 10.2. The van der Waals surface area contributed by atoms with Crippen LogP contribution < -0.4 is 5.32 Å². The van der Waals surface area contributed by atoms with Crippen molar-refractivity contribution >= 4 is 5.91 Å². The minimum absolute atomic E-state index is 0.0938. The maximum atomic E-state index is 12.2. The molecule has 1 aromatic rings. The van der Waals surface area contributed by atoms with E-state index in [0.717, 1.165) is 31.6 Å². The molecular formula is C15H21N3O3. The number of carbonyl (C=O) groups excluding carboxylic acids is 1. The molecule has 21 heavy (non-hydrogen) atoms. The lowest BCUT2D eigenvalue weighted by molar-refractivity contribution is 0.0928. The molecule has 6 heteroatoms. The van der Waals surface area contributed by atoms with Crippen molar-refractivity contribution in [2.75, 3.05) is 13.2 Å². The zero-order valence-corrected chi connectivity index (χ0v) is 12.0. The predicted molar refractivity (Wildman–Crippen MR) is 75.0 cm³/mol. The van der Waals surface area contributed by atoms with Crippen LogP contribution in [-0.4, -0.2) is 52.3 Å². The summed E-state index contributed by atoms with van der Waals surface area (Å²) in [6.07, 6.45) is 5.50. The highest BCUT2D eigenvalue weighted by Gasteiger charge is 2.41. The van der Waals surface area contributed by atoms with Gasteiger partial charge in [-0.2, -0.15) is 0 Å². The molecular weight excluding hydrogens is 270 g/mol. The molecule has 1 saturated heterocycles. The van der Waals surface area contributed by atoms with Crippen LogP contribution in [0.15, 0.2) is 10.6 Å². The largest absolute Gasteiger partial charge is 0.395 e. The Balaban J connectivity index is 1.37. The van der Waals surface area contributed by atoms with E-state index in [1.807, 2.05) is 0 Å². The van der Waals surface area contributed by atoms with Crippen LogP contribution in [0.4, 0.5) is 0 Å². The van der Waals surface area contributed by atoms with E-state index in [2.05, 4.69) is 15.4 Å². The van der Waals surface area contributed by atoms with Crippen molar-refractivity contribution in [3.05, 3.63) is 17.5 Å². The van der Waals surface area contributed by atoms with E-state index < -0.39 is 0 Å². The summed E-state index contributed by atoms with van der Waals surface area (Å²) in [6, 6.07) is 2.65. The van der Waals surface area contributed by atoms with Crippen LogP contribution in [-0.2, 0) is 0 Å². The number of likely N-dealkylation sites (tertiary alicyclic amines) is 1. The number of aliphatic hydroxyl groups excluding tert-OH is 1. The number of nitrogens with one attached hydrogen (secondary N) is 1. The number of aromatic nitrogens is 1. The van der Waals surface area contributed by atoms with E-state index >= 15 is 0 Å². The number of hydrogen-bond donors (Lipinski definition) is 2. The van der Waals surface area contributed by atoms with E-state index in [9.17, 15) is 9.90 Å². The highest BCUT2D eigenvalue weighted by molar-refractivity contribution is 5.92. The summed E-state index contributed by atoms with van der Waals surface area (Å²) in [5.74, 6) is 1.14. The van der Waals surface area contributed by atoms with Gasteiger partial charge in [0.25, 0.3) is 5.91 Å². The topological polar surface area (TPSA) is 78.6 Å². The fraction of sp³-hybridized carbons (Fsp3) is 0.733. The average Bonchev–Trinajstić information content (AvgIpc) is 3.42. The third kappa shape index (κ3) is 2.70. The second kappa shape index (κ2) is 5.10. The van der Waals surface area contributed by atoms with Gasteiger partial charge in [-0.15, -0.1) is 0 Å². The summed E-state index contributed by atoms with van der Waals surface area (Å²) in [5, 5.41) is 16.4. The third-order valence-electron chi connectivity index (χ3n) is 4.76. The lowest BCUT2D eigenvalue weighted by Crippen LogP contribution is -2.38. The van der Waals surface area contributed by atoms with Crippen LogP contribution >= 0.6 is 0 Å². The van der Waals surface area contributed by atoms with E-state index in [0.29, 0.717) is 17.7 Å². The molecule has 1 amide bonds. The first-order valence-electron chi connectivity index (χ1n) is 7.88. The first kappa shape index (κ1) is 13.3. The molecule has 3 fully saturated rings. The number of aliphatic hydroxyl groups is 1. The SMILES string of the molecule is O=C(N[C@H]1C[C@@H](CO)N(C2CC2)C1)c1cc(C2CC2)on1. The minimum atomic E-state index is -0.162. The molecule has 1 aliphatic heterocycles. The molecule has 0 bridgehead atoms. The summed E-state index contributed by atoms with van der Waals surface area (Å²) < 4.78 is 5.22. The summed E-state index contributed by atoms with van der Waals surface area (Å²) in [7, 11) is 0. The van der Waals surface area contributed by atoms with Gasteiger partial charge in [0.1, 0.15) is 5.76 Å². The smallest absolute Gasteiger partial charge is 0.273 e. The van der Waals surface area contributed by atoms with Crippen molar-refractivity contribution < 1.29 is 14.4 Å². The van der Waals surface area contributed by atoms with Crippen LogP contribution in [0.25, 0.3) is 0 Å². The standard InChI is InChI=1S/C15H21N3O3/c19-8-12-5-10(7-18(12)11-3-4-11)16-15(20)13-6-14(21-17-13)9-1-2-9/h6,9-12,19H,1-5,7-8H2,(H,16,20)/t10-,12-/m0/s1. The monoisotopic (exact) mass is 291 g/mol. The fourth-order valence-corrected chi connectivity index (χ4v) is 3.30. The zero-order chi connectivity index (χ0) is 14.4. The average molecular weight is 291 g/mol. The number of rotatable bonds is 5. The van der Waals surface area contributed by atoms with Crippen LogP contribution in [0.1, 0.15) is 54.3 Å². The van der Waals surface area contributed by atoms with Gasteiger partial charge in [-0.1, -0.05) is 5.16 Å². The predicted octanol–water partition coefficient (Wildman–Crippen LogP) is 0.879. The molecule has 4 rings (SSSR count). The zero-order valence-electron chi connectivity index (χ0n) is 12.0. The maximum absolute atomic E-state index is 12.2.